The molecule has 1 aliphatic rings. The fourth-order valence-electron chi connectivity index (χ4n) is 4.41. The molecular weight excluding hydrogens is 432 g/mol. The van der Waals surface area contributed by atoms with Crippen molar-refractivity contribution in [2.45, 2.75) is 110 Å². The molecule has 1 unspecified atom stereocenters. The lowest BCUT2D eigenvalue weighted by Crippen LogP contribution is -2.29. The van der Waals surface area contributed by atoms with Crippen molar-refractivity contribution >= 4 is 11.9 Å². The van der Waals surface area contributed by atoms with Gasteiger partial charge >= 0.3 is 11.9 Å². The van der Waals surface area contributed by atoms with E-state index in [4.69, 9.17) is 18.9 Å². The molecule has 0 bridgehead atoms. The second-order valence-electron chi connectivity index (χ2n) is 9.18. The van der Waals surface area contributed by atoms with Crippen molar-refractivity contribution in [2.24, 2.45) is 5.92 Å². The van der Waals surface area contributed by atoms with Crippen LogP contribution in [0.4, 0.5) is 0 Å². The molecule has 0 radical (unpaired) electrons. The fraction of sp³-hybridized carbons (Fsp3) is 0.714. The molecule has 0 aliphatic carbocycles. The SMILES string of the molecule is CCCCCCCCCCCC[C@@H](OCc1ccc(OC)cc1)[C@H]1CC(C(=O)OCC)C(=O)O1. The van der Waals surface area contributed by atoms with Crippen molar-refractivity contribution in [1.29, 1.82) is 0 Å². The fourth-order valence-corrected chi connectivity index (χ4v) is 4.41. The zero-order valence-electron chi connectivity index (χ0n) is 21.4. The summed E-state index contributed by atoms with van der Waals surface area (Å²) in [6.07, 6.45) is 13.1. The second kappa shape index (κ2) is 16.5. The summed E-state index contributed by atoms with van der Waals surface area (Å²) in [7, 11) is 1.64. The third kappa shape index (κ3) is 10.0. The Kier molecular flexibility index (Phi) is 13.7. The number of hydrogen-bond acceptors (Lipinski definition) is 6. The van der Waals surface area contributed by atoms with E-state index >= 15 is 0 Å². The first kappa shape index (κ1) is 28.2. The molecular formula is C28H44O6. The Hall–Kier alpha value is -2.08. The third-order valence-electron chi connectivity index (χ3n) is 6.47. The van der Waals surface area contributed by atoms with E-state index in [-0.39, 0.29) is 12.7 Å². The van der Waals surface area contributed by atoms with E-state index in [1.807, 2.05) is 24.3 Å². The molecule has 0 amide bonds. The largest absolute Gasteiger partial charge is 0.497 e. The molecule has 0 spiro atoms. The van der Waals surface area contributed by atoms with E-state index < -0.39 is 24.0 Å². The number of ether oxygens (including phenoxy) is 4. The zero-order chi connectivity index (χ0) is 24.6. The van der Waals surface area contributed by atoms with Gasteiger partial charge in [-0.3, -0.25) is 9.59 Å². The van der Waals surface area contributed by atoms with Gasteiger partial charge in [-0.2, -0.15) is 0 Å². The Labute approximate surface area is 205 Å². The molecule has 0 aromatic heterocycles. The van der Waals surface area contributed by atoms with Gasteiger partial charge in [0, 0.05) is 6.42 Å². The predicted octanol–water partition coefficient (Wildman–Crippen LogP) is 6.39. The number of benzene rings is 1. The lowest BCUT2D eigenvalue weighted by Gasteiger charge is -2.23. The van der Waals surface area contributed by atoms with Gasteiger partial charge in [0.2, 0.25) is 0 Å². The first-order valence-electron chi connectivity index (χ1n) is 13.2. The summed E-state index contributed by atoms with van der Waals surface area (Å²) in [5, 5.41) is 0. The molecule has 34 heavy (non-hydrogen) atoms. The maximum absolute atomic E-state index is 12.3. The number of carbonyl (C=O) groups excluding carboxylic acids is 2. The van der Waals surface area contributed by atoms with E-state index in [0.29, 0.717) is 13.0 Å². The predicted molar refractivity (Wildman–Crippen MR) is 133 cm³/mol. The van der Waals surface area contributed by atoms with Crippen LogP contribution < -0.4 is 4.74 Å². The molecule has 1 fully saturated rings. The van der Waals surface area contributed by atoms with Gasteiger partial charge in [0.25, 0.3) is 0 Å². The van der Waals surface area contributed by atoms with Crippen molar-refractivity contribution in [3.63, 3.8) is 0 Å². The first-order chi connectivity index (χ1) is 16.6. The molecule has 0 saturated carbocycles. The summed E-state index contributed by atoms with van der Waals surface area (Å²) in [5.41, 5.74) is 1.03. The number of esters is 2. The van der Waals surface area contributed by atoms with Crippen molar-refractivity contribution < 1.29 is 28.5 Å². The second-order valence-corrected chi connectivity index (χ2v) is 9.18. The molecule has 1 heterocycles. The normalized spacial score (nSPS) is 18.5. The summed E-state index contributed by atoms with van der Waals surface area (Å²) in [6, 6.07) is 7.75. The monoisotopic (exact) mass is 476 g/mol. The quantitative estimate of drug-likeness (QED) is 0.139. The average molecular weight is 477 g/mol. The maximum atomic E-state index is 12.3. The van der Waals surface area contributed by atoms with Crippen LogP contribution in [0.5, 0.6) is 5.75 Å². The highest BCUT2D eigenvalue weighted by molar-refractivity contribution is 5.96. The van der Waals surface area contributed by atoms with Crippen molar-refractivity contribution in [3.8, 4) is 5.75 Å². The molecule has 1 aromatic carbocycles. The number of unbranched alkanes of at least 4 members (excludes halogenated alkanes) is 9. The molecule has 6 heteroatoms. The van der Waals surface area contributed by atoms with Gasteiger partial charge in [-0.15, -0.1) is 0 Å². The van der Waals surface area contributed by atoms with Crippen molar-refractivity contribution in [3.05, 3.63) is 29.8 Å². The minimum Gasteiger partial charge on any atom is -0.497 e. The first-order valence-corrected chi connectivity index (χ1v) is 13.2. The number of cyclic esters (lactones) is 1. The van der Waals surface area contributed by atoms with Gasteiger partial charge in [0.15, 0.2) is 5.92 Å². The van der Waals surface area contributed by atoms with Gasteiger partial charge in [-0.25, -0.2) is 0 Å². The van der Waals surface area contributed by atoms with Crippen LogP contribution in [0, 0.1) is 5.92 Å². The molecule has 1 saturated heterocycles. The number of rotatable bonds is 18. The minimum absolute atomic E-state index is 0.237. The summed E-state index contributed by atoms with van der Waals surface area (Å²) >= 11 is 0. The smallest absolute Gasteiger partial charge is 0.320 e. The highest BCUT2D eigenvalue weighted by Gasteiger charge is 2.44. The summed E-state index contributed by atoms with van der Waals surface area (Å²) in [6.45, 7) is 4.66. The Morgan fingerprint density at radius 2 is 1.59 bits per heavy atom. The van der Waals surface area contributed by atoms with Gasteiger partial charge in [-0.1, -0.05) is 83.3 Å². The zero-order valence-corrected chi connectivity index (χ0v) is 21.4. The van der Waals surface area contributed by atoms with Crippen molar-refractivity contribution in [1.82, 2.24) is 0 Å². The van der Waals surface area contributed by atoms with Gasteiger partial charge in [-0.05, 0) is 31.0 Å². The van der Waals surface area contributed by atoms with Crippen LogP contribution in [0.1, 0.15) is 96.5 Å². The van der Waals surface area contributed by atoms with Gasteiger partial charge < -0.3 is 18.9 Å². The third-order valence-corrected chi connectivity index (χ3v) is 6.47. The van der Waals surface area contributed by atoms with Crippen LogP contribution >= 0.6 is 0 Å². The van der Waals surface area contributed by atoms with Crippen molar-refractivity contribution in [2.75, 3.05) is 13.7 Å². The Morgan fingerprint density at radius 1 is 0.971 bits per heavy atom. The van der Waals surface area contributed by atoms with E-state index in [1.165, 1.54) is 51.4 Å². The van der Waals surface area contributed by atoms with Crippen LogP contribution in [0.15, 0.2) is 24.3 Å². The summed E-state index contributed by atoms with van der Waals surface area (Å²) in [4.78, 5) is 24.4. The Balaban J connectivity index is 1.82. The van der Waals surface area contributed by atoms with Crippen LogP contribution in [-0.2, 0) is 30.4 Å². The number of methoxy groups -OCH3 is 1. The molecule has 3 atom stereocenters. The van der Waals surface area contributed by atoms with E-state index in [2.05, 4.69) is 6.92 Å². The Bertz CT molecular complexity index is 701. The van der Waals surface area contributed by atoms with E-state index in [1.54, 1.807) is 14.0 Å². The van der Waals surface area contributed by atoms with Gasteiger partial charge in [0.1, 0.15) is 11.9 Å². The van der Waals surface area contributed by atoms with Crippen LogP contribution in [-0.4, -0.2) is 37.9 Å². The molecule has 192 valence electrons. The topological polar surface area (TPSA) is 71.1 Å². The molecule has 1 aliphatic heterocycles. The average Bonchev–Trinajstić information content (AvgIpc) is 3.24. The summed E-state index contributed by atoms with van der Waals surface area (Å²) in [5.74, 6) is -1.04. The molecule has 2 rings (SSSR count). The Morgan fingerprint density at radius 3 is 2.18 bits per heavy atom. The molecule has 1 aromatic rings. The van der Waals surface area contributed by atoms with E-state index in [9.17, 15) is 9.59 Å². The van der Waals surface area contributed by atoms with Crippen LogP contribution in [0.25, 0.3) is 0 Å². The molecule has 6 nitrogen and oxygen atoms in total. The lowest BCUT2D eigenvalue weighted by molar-refractivity contribution is -0.158. The lowest BCUT2D eigenvalue weighted by atomic mass is 9.98. The number of carbonyl (C=O) groups is 2. The van der Waals surface area contributed by atoms with E-state index in [0.717, 1.165) is 30.6 Å². The van der Waals surface area contributed by atoms with Crippen LogP contribution in [0.3, 0.4) is 0 Å². The maximum Gasteiger partial charge on any atom is 0.320 e. The number of hydrogen-bond donors (Lipinski definition) is 0. The highest BCUT2D eigenvalue weighted by atomic mass is 16.6. The molecule has 0 N–H and O–H groups in total. The summed E-state index contributed by atoms with van der Waals surface area (Å²) < 4.78 is 22.1. The minimum atomic E-state index is -0.843. The highest BCUT2D eigenvalue weighted by Crippen LogP contribution is 2.29. The standard InChI is InChI=1S/C28H44O6/c1-4-6-7-8-9-10-11-12-13-14-15-25(33-21-22-16-18-23(31-3)19-17-22)26-20-24(28(30)34-26)27(29)32-5-2/h16-19,24-26H,4-15,20-21H2,1-3H3/t24?,25-,26-/m1/s1. The van der Waals surface area contributed by atoms with Gasteiger partial charge in [0.05, 0.1) is 26.4 Å². The van der Waals surface area contributed by atoms with Crippen LogP contribution in [0.2, 0.25) is 0 Å².